The lowest BCUT2D eigenvalue weighted by molar-refractivity contribution is -0.163. The number of anilines is 1. The van der Waals surface area contributed by atoms with E-state index in [4.69, 9.17) is 19.9 Å². The summed E-state index contributed by atoms with van der Waals surface area (Å²) < 4.78 is 18.9. The first-order chi connectivity index (χ1) is 21.9. The van der Waals surface area contributed by atoms with Crippen molar-refractivity contribution in [2.75, 3.05) is 25.0 Å². The quantitative estimate of drug-likeness (QED) is 0.284. The number of hydrogen-bond acceptors (Lipinski definition) is 11. The maximum atomic E-state index is 13.2. The molecule has 3 aliphatic rings. The number of nitrogens with one attached hydrogen (secondary N) is 1. The summed E-state index contributed by atoms with van der Waals surface area (Å²) in [6, 6.07) is 3.85. The lowest BCUT2D eigenvalue weighted by atomic mass is 9.87. The summed E-state index contributed by atoms with van der Waals surface area (Å²) in [7, 11) is 0. The van der Waals surface area contributed by atoms with Crippen molar-refractivity contribution in [1.82, 2.24) is 19.5 Å². The molecule has 2 aromatic rings. The van der Waals surface area contributed by atoms with Crippen LogP contribution in [-0.2, 0) is 29.4 Å². The molecule has 0 unspecified atom stereocenters. The molecule has 0 radical (unpaired) electrons. The first-order valence-electron chi connectivity index (χ1n) is 16.2. The number of amides is 2. The van der Waals surface area contributed by atoms with Crippen LogP contribution in [0.3, 0.4) is 0 Å². The van der Waals surface area contributed by atoms with Gasteiger partial charge in [0.05, 0.1) is 5.69 Å². The number of carbonyl (C=O) groups is 3. The third-order valence-electron chi connectivity index (χ3n) is 9.33. The molecule has 46 heavy (non-hydrogen) atoms. The van der Waals surface area contributed by atoms with Crippen LogP contribution < -0.4 is 11.1 Å². The first-order valence-corrected chi connectivity index (χ1v) is 16.2. The maximum absolute atomic E-state index is 13.2. The summed E-state index contributed by atoms with van der Waals surface area (Å²) in [5, 5.41) is 29.4. The van der Waals surface area contributed by atoms with Crippen molar-refractivity contribution in [3.05, 3.63) is 24.2 Å². The van der Waals surface area contributed by atoms with Gasteiger partial charge in [-0.25, -0.2) is 14.3 Å². The number of nitrogens with two attached hydrogens (primary N) is 1. The highest BCUT2D eigenvalue weighted by Crippen LogP contribution is 2.42. The highest BCUT2D eigenvalue weighted by molar-refractivity contribution is 5.92. The largest absolute Gasteiger partial charge is 0.463 e. The Labute approximate surface area is 268 Å². The Kier molecular flexibility index (Phi) is 10.1. The molecule has 2 amide bonds. The molecule has 5 atom stereocenters. The van der Waals surface area contributed by atoms with Gasteiger partial charge in [-0.3, -0.25) is 14.9 Å². The van der Waals surface area contributed by atoms with Gasteiger partial charge in [0.2, 0.25) is 5.60 Å². The second-order valence-electron chi connectivity index (χ2n) is 13.7. The van der Waals surface area contributed by atoms with E-state index in [2.05, 4.69) is 21.5 Å². The predicted molar refractivity (Wildman–Crippen MR) is 165 cm³/mol. The van der Waals surface area contributed by atoms with Gasteiger partial charge in [-0.1, -0.05) is 46.5 Å². The monoisotopic (exact) mass is 639 g/mol. The van der Waals surface area contributed by atoms with Gasteiger partial charge in [0, 0.05) is 19.5 Å². The number of fused-ring (bicyclic) bond motifs is 1. The van der Waals surface area contributed by atoms with Gasteiger partial charge in [0.15, 0.2) is 11.9 Å². The molecule has 14 heteroatoms. The van der Waals surface area contributed by atoms with Crippen molar-refractivity contribution in [3.8, 4) is 6.07 Å². The number of likely N-dealkylation sites (tertiary alicyclic amines) is 1. The fraction of sp³-hybridized carbons (Fsp3) is 0.688. The molecule has 0 aromatic carbocycles. The van der Waals surface area contributed by atoms with Crippen LogP contribution in [0.1, 0.15) is 84.3 Å². The zero-order valence-electron chi connectivity index (χ0n) is 26.8. The zero-order chi connectivity index (χ0) is 33.1. The van der Waals surface area contributed by atoms with E-state index < -0.39 is 47.3 Å². The molecule has 2 aromatic heterocycles. The topological polar surface area (TPSA) is 194 Å². The zero-order valence-corrected chi connectivity index (χ0v) is 26.8. The SMILES string of the molecule is CC(C)(C)[C@H](N)C(=O)O[C@H]1[C@@H](O)[C@](C#N)(c2ccc3c(NC(=O)N4CCCC4)ncnn23)O[C@@H]1COC(=O)CC1CCCCCC1. The van der Waals surface area contributed by atoms with Crippen LogP contribution in [0.5, 0.6) is 0 Å². The van der Waals surface area contributed by atoms with Crippen molar-refractivity contribution in [2.45, 2.75) is 109 Å². The van der Waals surface area contributed by atoms with Gasteiger partial charge < -0.3 is 30.0 Å². The average Bonchev–Trinajstić information content (AvgIpc) is 3.72. The molecular weight excluding hydrogens is 594 g/mol. The van der Waals surface area contributed by atoms with E-state index in [1.807, 2.05) is 0 Å². The Morgan fingerprint density at radius 1 is 1.17 bits per heavy atom. The maximum Gasteiger partial charge on any atom is 0.323 e. The number of aromatic nitrogens is 3. The molecule has 0 spiro atoms. The lowest BCUT2D eigenvalue weighted by Gasteiger charge is -2.29. The number of aliphatic hydroxyl groups excluding tert-OH is 1. The van der Waals surface area contributed by atoms with Crippen LogP contribution in [0.15, 0.2) is 18.5 Å². The van der Waals surface area contributed by atoms with E-state index in [1.54, 1.807) is 31.7 Å². The van der Waals surface area contributed by atoms with Gasteiger partial charge in [0.1, 0.15) is 42.8 Å². The van der Waals surface area contributed by atoms with Gasteiger partial charge in [0.25, 0.3) is 0 Å². The van der Waals surface area contributed by atoms with Gasteiger partial charge >= 0.3 is 18.0 Å². The Morgan fingerprint density at radius 3 is 2.52 bits per heavy atom. The Morgan fingerprint density at radius 2 is 1.87 bits per heavy atom. The third kappa shape index (κ3) is 6.96. The summed E-state index contributed by atoms with van der Waals surface area (Å²) >= 11 is 0. The molecule has 3 fully saturated rings. The Hall–Kier alpha value is -3.80. The third-order valence-corrected chi connectivity index (χ3v) is 9.33. The van der Waals surface area contributed by atoms with E-state index in [1.165, 1.54) is 16.9 Å². The van der Waals surface area contributed by atoms with Gasteiger partial charge in [-0.15, -0.1) is 0 Å². The van der Waals surface area contributed by atoms with Crippen molar-refractivity contribution in [1.29, 1.82) is 5.26 Å². The van der Waals surface area contributed by atoms with E-state index in [0.717, 1.165) is 51.4 Å². The van der Waals surface area contributed by atoms with E-state index in [9.17, 15) is 24.8 Å². The Balaban J connectivity index is 1.41. The summed E-state index contributed by atoms with van der Waals surface area (Å²) in [6.07, 6.45) is 5.40. The van der Waals surface area contributed by atoms with Crippen LogP contribution in [0.4, 0.5) is 10.6 Å². The van der Waals surface area contributed by atoms with Crippen LogP contribution in [0, 0.1) is 22.7 Å². The van der Waals surface area contributed by atoms with Crippen LogP contribution >= 0.6 is 0 Å². The second kappa shape index (κ2) is 13.9. The van der Waals surface area contributed by atoms with Gasteiger partial charge in [-0.2, -0.15) is 10.4 Å². The number of rotatable bonds is 8. The fourth-order valence-corrected chi connectivity index (χ4v) is 6.45. The highest BCUT2D eigenvalue weighted by atomic mass is 16.6. The minimum Gasteiger partial charge on any atom is -0.463 e. The Bertz CT molecular complexity index is 1450. The minimum absolute atomic E-state index is 0.116. The molecule has 1 saturated carbocycles. The molecule has 4 N–H and O–H groups in total. The first kappa shape index (κ1) is 33.6. The molecule has 4 heterocycles. The number of urea groups is 1. The lowest BCUT2D eigenvalue weighted by Crippen LogP contribution is -2.49. The normalized spacial score (nSPS) is 26.3. The molecule has 1 aliphatic carbocycles. The molecule has 250 valence electrons. The smallest absolute Gasteiger partial charge is 0.323 e. The summed E-state index contributed by atoms with van der Waals surface area (Å²) in [5.41, 5.74) is 3.90. The van der Waals surface area contributed by atoms with Crippen LogP contribution in [0.25, 0.3) is 5.52 Å². The molecule has 2 saturated heterocycles. The number of esters is 2. The average molecular weight is 640 g/mol. The van der Waals surface area contributed by atoms with E-state index in [0.29, 0.717) is 18.6 Å². The minimum atomic E-state index is -2.09. The predicted octanol–water partition coefficient (Wildman–Crippen LogP) is 3.02. The summed E-state index contributed by atoms with van der Waals surface area (Å²) in [6.45, 7) is 6.26. The standard InChI is InChI=1S/C32H45N7O7/c1-31(2,3)26(34)29(42)45-25-22(17-44-24(40)16-20-10-6-4-5-7-11-20)46-32(18-33,27(25)41)23-13-12-21-28(35-19-36-39(21)23)37-30(43)38-14-8-9-15-38/h12-13,19-20,22,25-27,41H,4-11,14-17,34H2,1-3H3,(H,35,36,37,43)/t22-,25-,26-,27-,32+/m1/s1. The molecule has 5 rings (SSSR count). The molecule has 14 nitrogen and oxygen atoms in total. The van der Waals surface area contributed by atoms with Crippen LogP contribution in [-0.4, -0.2) is 86.6 Å². The molecule has 2 aliphatic heterocycles. The van der Waals surface area contributed by atoms with Crippen molar-refractivity contribution < 1.29 is 33.7 Å². The summed E-state index contributed by atoms with van der Waals surface area (Å²) in [5.74, 6) is -0.774. The fourth-order valence-electron chi connectivity index (χ4n) is 6.45. The number of nitriles is 1. The highest BCUT2D eigenvalue weighted by Gasteiger charge is 2.60. The van der Waals surface area contributed by atoms with E-state index >= 15 is 0 Å². The number of hydrogen-bond donors (Lipinski definition) is 3. The van der Waals surface area contributed by atoms with Crippen LogP contribution in [0.2, 0.25) is 0 Å². The van der Waals surface area contributed by atoms with Crippen molar-refractivity contribution in [3.63, 3.8) is 0 Å². The number of aliphatic hydroxyl groups is 1. The molecule has 0 bridgehead atoms. The summed E-state index contributed by atoms with van der Waals surface area (Å²) in [4.78, 5) is 44.8. The number of nitrogens with zero attached hydrogens (tertiary/aromatic N) is 5. The van der Waals surface area contributed by atoms with Crippen molar-refractivity contribution >= 4 is 29.3 Å². The number of ether oxygens (including phenoxy) is 3. The van der Waals surface area contributed by atoms with Crippen molar-refractivity contribution in [2.24, 2.45) is 17.1 Å². The van der Waals surface area contributed by atoms with E-state index in [-0.39, 0.29) is 36.5 Å². The van der Waals surface area contributed by atoms with Gasteiger partial charge in [-0.05, 0) is 49.1 Å². The second-order valence-corrected chi connectivity index (χ2v) is 13.7. The molecular formula is C32H45N7O7. The number of carbonyl (C=O) groups excluding carboxylic acids is 3.